The molecule has 2 aliphatic rings. The number of anilines is 1. The van der Waals surface area contributed by atoms with Crippen LogP contribution in [-0.4, -0.2) is 54.0 Å². The summed E-state index contributed by atoms with van der Waals surface area (Å²) >= 11 is 0. The van der Waals surface area contributed by atoms with Crippen molar-refractivity contribution in [1.82, 2.24) is 9.80 Å². The fourth-order valence-electron chi connectivity index (χ4n) is 3.70. The van der Waals surface area contributed by atoms with Gasteiger partial charge in [-0.05, 0) is 57.0 Å². The number of rotatable bonds is 4. The minimum absolute atomic E-state index is 0.0233. The quantitative estimate of drug-likeness (QED) is 0.927. The summed E-state index contributed by atoms with van der Waals surface area (Å²) in [5.74, 6) is -0.299. The topological polar surface area (TPSA) is 35.6 Å². The normalized spacial score (nSPS) is 23.5. The average molecular weight is 319 g/mol. The predicted molar refractivity (Wildman–Crippen MR) is 90.0 cm³/mol. The van der Waals surface area contributed by atoms with Gasteiger partial charge < -0.3 is 5.32 Å². The smallest absolute Gasteiger partial charge is 0.238 e. The molecule has 5 heteroatoms. The highest BCUT2D eigenvalue weighted by molar-refractivity contribution is 5.93. The lowest BCUT2D eigenvalue weighted by atomic mass is 9.97. The highest BCUT2D eigenvalue weighted by atomic mass is 19.1. The van der Waals surface area contributed by atoms with Crippen LogP contribution in [0.3, 0.4) is 0 Å². The molecule has 0 unspecified atom stereocenters. The fraction of sp³-hybridized carbons (Fsp3) is 0.611. The Balaban J connectivity index is 1.45. The van der Waals surface area contributed by atoms with E-state index in [-0.39, 0.29) is 11.7 Å². The molecule has 1 aromatic rings. The first-order chi connectivity index (χ1) is 11.0. The molecular weight excluding hydrogens is 293 g/mol. The van der Waals surface area contributed by atoms with E-state index in [4.69, 9.17) is 0 Å². The van der Waals surface area contributed by atoms with E-state index in [0.717, 1.165) is 18.7 Å². The van der Waals surface area contributed by atoms with E-state index in [1.807, 2.05) is 0 Å². The lowest BCUT2D eigenvalue weighted by Gasteiger charge is -2.49. The largest absolute Gasteiger partial charge is 0.325 e. The molecule has 3 rings (SSSR count). The number of likely N-dealkylation sites (tertiary alicyclic amines) is 2. The van der Waals surface area contributed by atoms with E-state index in [9.17, 15) is 9.18 Å². The van der Waals surface area contributed by atoms with Crippen molar-refractivity contribution in [3.8, 4) is 0 Å². The van der Waals surface area contributed by atoms with Crippen LogP contribution in [0.4, 0.5) is 10.1 Å². The number of hydrogen-bond donors (Lipinski definition) is 1. The van der Waals surface area contributed by atoms with Crippen molar-refractivity contribution in [2.75, 3.05) is 31.5 Å². The van der Waals surface area contributed by atoms with E-state index in [1.54, 1.807) is 13.0 Å². The van der Waals surface area contributed by atoms with Crippen LogP contribution in [-0.2, 0) is 4.79 Å². The molecule has 23 heavy (non-hydrogen) atoms. The Morgan fingerprint density at radius 1 is 1.35 bits per heavy atom. The van der Waals surface area contributed by atoms with E-state index >= 15 is 0 Å². The molecule has 1 aromatic carbocycles. The van der Waals surface area contributed by atoms with Gasteiger partial charge in [0, 0.05) is 30.9 Å². The maximum atomic E-state index is 13.1. The Labute approximate surface area is 137 Å². The summed E-state index contributed by atoms with van der Waals surface area (Å²) in [4.78, 5) is 16.9. The second-order valence-electron chi connectivity index (χ2n) is 6.94. The fourth-order valence-corrected chi connectivity index (χ4v) is 3.70. The third-order valence-corrected chi connectivity index (χ3v) is 5.09. The summed E-state index contributed by atoms with van der Waals surface area (Å²) in [5.41, 5.74) is 1.44. The van der Waals surface area contributed by atoms with Gasteiger partial charge in [-0.15, -0.1) is 0 Å². The van der Waals surface area contributed by atoms with Gasteiger partial charge in [0.1, 0.15) is 5.82 Å². The van der Waals surface area contributed by atoms with E-state index in [2.05, 4.69) is 22.0 Å². The number of hydrogen-bond acceptors (Lipinski definition) is 3. The molecule has 4 nitrogen and oxygen atoms in total. The van der Waals surface area contributed by atoms with Crippen molar-refractivity contribution < 1.29 is 9.18 Å². The van der Waals surface area contributed by atoms with Gasteiger partial charge in [0.15, 0.2) is 0 Å². The maximum Gasteiger partial charge on any atom is 0.238 e. The number of benzene rings is 1. The second kappa shape index (κ2) is 6.97. The lowest BCUT2D eigenvalue weighted by Crippen LogP contribution is -2.63. The number of nitrogens with one attached hydrogen (secondary N) is 1. The van der Waals surface area contributed by atoms with Crippen LogP contribution in [0.2, 0.25) is 0 Å². The summed E-state index contributed by atoms with van der Waals surface area (Å²) < 4.78 is 13.1. The number of piperidine rings is 1. The average Bonchev–Trinajstić information content (AvgIpc) is 2.46. The summed E-state index contributed by atoms with van der Waals surface area (Å²) in [7, 11) is 0. The molecule has 2 fully saturated rings. The SMILES string of the molecule is Cc1cc(F)ccc1NC(=O)CN1CC(N2CCCC[C@@H]2C)C1. The number of aryl methyl sites for hydroxylation is 1. The summed E-state index contributed by atoms with van der Waals surface area (Å²) in [6, 6.07) is 5.71. The van der Waals surface area contributed by atoms with E-state index in [0.29, 0.717) is 24.3 Å². The van der Waals surface area contributed by atoms with Gasteiger partial charge in [0.05, 0.1) is 6.54 Å². The van der Waals surface area contributed by atoms with Crippen molar-refractivity contribution in [2.45, 2.75) is 45.2 Å². The van der Waals surface area contributed by atoms with E-state index < -0.39 is 0 Å². The van der Waals surface area contributed by atoms with Gasteiger partial charge in [-0.2, -0.15) is 0 Å². The first-order valence-electron chi connectivity index (χ1n) is 8.57. The molecule has 0 radical (unpaired) electrons. The van der Waals surface area contributed by atoms with Gasteiger partial charge in [0.2, 0.25) is 5.91 Å². The standard InChI is InChI=1S/C18H26FN3O/c1-13-9-15(19)6-7-17(13)20-18(23)12-21-10-16(11-21)22-8-4-3-5-14(22)2/h6-7,9,14,16H,3-5,8,10-12H2,1-2H3,(H,20,23)/t14-/m0/s1. The zero-order valence-electron chi connectivity index (χ0n) is 14.0. The Bertz CT molecular complexity index is 571. The van der Waals surface area contributed by atoms with Crippen molar-refractivity contribution in [3.05, 3.63) is 29.6 Å². The molecule has 1 amide bonds. The van der Waals surface area contributed by atoms with Crippen LogP contribution in [0, 0.1) is 12.7 Å². The molecule has 126 valence electrons. The summed E-state index contributed by atoms with van der Waals surface area (Å²) in [6.45, 7) is 7.67. The Kier molecular flexibility index (Phi) is 4.97. The second-order valence-corrected chi connectivity index (χ2v) is 6.94. The lowest BCUT2D eigenvalue weighted by molar-refractivity contribution is -0.119. The molecule has 1 N–H and O–H groups in total. The van der Waals surface area contributed by atoms with E-state index in [1.165, 1.54) is 37.9 Å². The van der Waals surface area contributed by atoms with Crippen LogP contribution in [0.1, 0.15) is 31.7 Å². The monoisotopic (exact) mass is 319 g/mol. The van der Waals surface area contributed by atoms with Crippen LogP contribution in [0.15, 0.2) is 18.2 Å². The Morgan fingerprint density at radius 3 is 2.83 bits per heavy atom. The third-order valence-electron chi connectivity index (χ3n) is 5.09. The summed E-state index contributed by atoms with van der Waals surface area (Å²) in [6.07, 6.45) is 3.93. The zero-order valence-corrected chi connectivity index (χ0v) is 14.0. The van der Waals surface area contributed by atoms with Crippen LogP contribution < -0.4 is 5.32 Å². The molecule has 0 spiro atoms. The molecule has 0 bridgehead atoms. The zero-order chi connectivity index (χ0) is 16.4. The molecular formula is C18H26FN3O. The van der Waals surface area contributed by atoms with Crippen molar-refractivity contribution >= 4 is 11.6 Å². The van der Waals surface area contributed by atoms with Crippen LogP contribution >= 0.6 is 0 Å². The Hall–Kier alpha value is -1.46. The molecule has 0 saturated carbocycles. The molecule has 2 aliphatic heterocycles. The summed E-state index contributed by atoms with van der Waals surface area (Å²) in [5, 5.41) is 2.88. The highest BCUT2D eigenvalue weighted by Crippen LogP contribution is 2.24. The van der Waals surface area contributed by atoms with Gasteiger partial charge >= 0.3 is 0 Å². The minimum Gasteiger partial charge on any atom is -0.325 e. The minimum atomic E-state index is -0.276. The first-order valence-corrected chi connectivity index (χ1v) is 8.57. The number of halogens is 1. The Morgan fingerprint density at radius 2 is 2.13 bits per heavy atom. The number of amides is 1. The molecule has 1 atom stereocenters. The third kappa shape index (κ3) is 3.90. The van der Waals surface area contributed by atoms with Crippen molar-refractivity contribution in [3.63, 3.8) is 0 Å². The molecule has 2 heterocycles. The first kappa shape index (κ1) is 16.4. The van der Waals surface area contributed by atoms with Gasteiger partial charge in [-0.25, -0.2) is 4.39 Å². The predicted octanol–water partition coefficient (Wildman–Crippen LogP) is 2.63. The van der Waals surface area contributed by atoms with Gasteiger partial charge in [-0.1, -0.05) is 6.42 Å². The highest BCUT2D eigenvalue weighted by Gasteiger charge is 2.35. The van der Waals surface area contributed by atoms with Gasteiger partial charge in [0.25, 0.3) is 0 Å². The molecule has 0 aliphatic carbocycles. The number of nitrogens with zero attached hydrogens (tertiary/aromatic N) is 2. The maximum absolute atomic E-state index is 13.1. The number of carbonyl (C=O) groups excluding carboxylic acids is 1. The molecule has 2 saturated heterocycles. The van der Waals surface area contributed by atoms with Crippen LogP contribution in [0.25, 0.3) is 0 Å². The number of carbonyl (C=O) groups is 1. The molecule has 0 aromatic heterocycles. The van der Waals surface area contributed by atoms with Crippen molar-refractivity contribution in [1.29, 1.82) is 0 Å². The van der Waals surface area contributed by atoms with Gasteiger partial charge in [-0.3, -0.25) is 14.6 Å². The van der Waals surface area contributed by atoms with Crippen molar-refractivity contribution in [2.24, 2.45) is 0 Å². The van der Waals surface area contributed by atoms with Crippen LogP contribution in [0.5, 0.6) is 0 Å².